The zero-order chi connectivity index (χ0) is 7.98. The monoisotopic (exact) mass is 158 g/mol. The normalized spacial score (nSPS) is 10.0. The average molecular weight is 158 g/mol. The van der Waals surface area contributed by atoms with E-state index in [-0.39, 0.29) is 0 Å². The fourth-order valence-electron chi connectivity index (χ4n) is 0.647. The Labute approximate surface area is 63.4 Å². The van der Waals surface area contributed by atoms with Gasteiger partial charge in [-0.25, -0.2) is 0 Å². The van der Waals surface area contributed by atoms with Crippen LogP contribution in [0.5, 0.6) is 0 Å². The van der Waals surface area contributed by atoms with E-state index >= 15 is 0 Å². The lowest BCUT2D eigenvalue weighted by Gasteiger charge is -1.99. The van der Waals surface area contributed by atoms with Gasteiger partial charge in [-0.1, -0.05) is 13.8 Å². The van der Waals surface area contributed by atoms with Crippen molar-refractivity contribution in [2.75, 3.05) is 0 Å². The zero-order valence-electron chi connectivity index (χ0n) is 6.52. The first kappa shape index (κ1) is 9.67. The summed E-state index contributed by atoms with van der Waals surface area (Å²) in [4.78, 5) is 0. The maximum atomic E-state index is 7.40. The van der Waals surface area contributed by atoms with Gasteiger partial charge in [-0.15, -0.1) is 7.83 Å². The fourth-order valence-corrected chi connectivity index (χ4v) is 1.06. The Bertz CT molecular complexity index is 166. The minimum atomic E-state index is 0.498. The minimum absolute atomic E-state index is 0.498. The highest BCUT2D eigenvalue weighted by Crippen LogP contribution is 1.98. The summed E-state index contributed by atoms with van der Waals surface area (Å²) in [5, 5.41) is 7.40. The van der Waals surface area contributed by atoms with Crippen molar-refractivity contribution in [3.8, 4) is 0 Å². The summed E-state index contributed by atoms with van der Waals surface area (Å²) >= 11 is 0. The van der Waals surface area contributed by atoms with Crippen LogP contribution in [0.4, 0.5) is 0 Å². The molecule has 0 rings (SSSR count). The minimum Gasteiger partial charge on any atom is -0.306 e. The molecule has 0 heterocycles. The summed E-state index contributed by atoms with van der Waals surface area (Å²) < 4.78 is 0. The molecule has 0 amide bonds. The molecule has 2 nitrogen and oxygen atoms in total. The number of nitrogens with two attached hydrogens (primary N) is 1. The van der Waals surface area contributed by atoms with Crippen molar-refractivity contribution >= 4 is 25.3 Å². The first-order valence-corrected chi connectivity index (χ1v) is 4.52. The molecule has 0 spiro atoms. The molecule has 3 heteroatoms. The van der Waals surface area contributed by atoms with Crippen LogP contribution in [0.2, 0.25) is 0 Å². The fraction of sp³-hybridized carbons (Fsp3) is 0.571. The van der Waals surface area contributed by atoms with Crippen molar-refractivity contribution in [3.05, 3.63) is 0 Å². The van der Waals surface area contributed by atoms with Gasteiger partial charge < -0.3 is 11.1 Å². The number of nitrogens with one attached hydrogen (secondary N) is 1. The molecule has 0 aromatic heterocycles. The summed E-state index contributed by atoms with van der Waals surface area (Å²) in [7, 11) is 0.498. The van der Waals surface area contributed by atoms with Gasteiger partial charge in [-0.3, -0.25) is 0 Å². The molecule has 0 saturated carbocycles. The Hall–Kier alpha value is -0.330. The second-order valence-corrected chi connectivity index (χ2v) is 3.56. The number of hydrogen-bond acceptors (Lipinski definition) is 1. The Morgan fingerprint density at radius 1 is 1.70 bits per heavy atom. The van der Waals surface area contributed by atoms with Crippen LogP contribution in [0.1, 0.15) is 20.3 Å². The van der Waals surface area contributed by atoms with E-state index in [2.05, 4.69) is 13.8 Å². The van der Waals surface area contributed by atoms with E-state index in [1.165, 1.54) is 0 Å². The van der Waals surface area contributed by atoms with Crippen LogP contribution in [0.25, 0.3) is 0 Å². The lowest BCUT2D eigenvalue weighted by molar-refractivity contribution is 0.686. The van der Waals surface area contributed by atoms with E-state index in [1.807, 2.05) is 5.80 Å². The van der Waals surface area contributed by atoms with Crippen LogP contribution in [0.3, 0.4) is 0 Å². The molecule has 0 aromatic rings. The summed E-state index contributed by atoms with van der Waals surface area (Å²) in [6, 6.07) is 0. The number of hydrogen-bond donors (Lipinski definition) is 2. The molecule has 0 radical (unpaired) electrons. The van der Waals surface area contributed by atoms with E-state index in [1.54, 1.807) is 5.92 Å². The topological polar surface area (TPSA) is 49.9 Å². The molecule has 58 valence electrons. The maximum absolute atomic E-state index is 7.40. The van der Waals surface area contributed by atoms with Crippen LogP contribution in [0.15, 0.2) is 0 Å². The summed E-state index contributed by atoms with van der Waals surface area (Å²) in [6.07, 6.45) is 0.862. The van der Waals surface area contributed by atoms with Crippen molar-refractivity contribution in [3.63, 3.8) is 0 Å². The van der Waals surface area contributed by atoms with E-state index in [9.17, 15) is 0 Å². The SMILES string of the molecule is CC(C)CC(=N)C=[PH]=CN. The third kappa shape index (κ3) is 5.80. The second kappa shape index (κ2) is 5.45. The van der Waals surface area contributed by atoms with Crippen LogP contribution >= 0.6 is 7.83 Å². The zero-order valence-corrected chi connectivity index (χ0v) is 7.52. The molecule has 0 bridgehead atoms. The van der Waals surface area contributed by atoms with Crippen molar-refractivity contribution in [2.24, 2.45) is 11.7 Å². The molecule has 0 aliphatic rings. The predicted molar refractivity (Wildman–Crippen MR) is 51.8 cm³/mol. The highest BCUT2D eigenvalue weighted by atomic mass is 31.0. The van der Waals surface area contributed by atoms with Gasteiger partial charge in [0.05, 0.1) is 0 Å². The quantitative estimate of drug-likeness (QED) is 0.471. The molecule has 0 aliphatic heterocycles. The first-order valence-electron chi connectivity index (χ1n) is 3.37. The Kier molecular flexibility index (Phi) is 5.27. The largest absolute Gasteiger partial charge is 0.306 e. The van der Waals surface area contributed by atoms with E-state index in [0.29, 0.717) is 19.5 Å². The third-order valence-electron chi connectivity index (χ3n) is 0.982. The average Bonchev–Trinajstić information content (AvgIpc) is 1.82. The molecule has 3 N–H and O–H groups in total. The van der Waals surface area contributed by atoms with Crippen molar-refractivity contribution < 1.29 is 0 Å². The Morgan fingerprint density at radius 2 is 2.30 bits per heavy atom. The molecule has 0 aromatic carbocycles. The van der Waals surface area contributed by atoms with Crippen LogP contribution < -0.4 is 5.73 Å². The molecule has 0 fully saturated rings. The summed E-state index contributed by atoms with van der Waals surface area (Å²) in [5.41, 5.74) is 5.87. The summed E-state index contributed by atoms with van der Waals surface area (Å²) in [5.74, 6) is 4.04. The molecule has 0 saturated heterocycles. The van der Waals surface area contributed by atoms with Gasteiger partial charge in [0.25, 0.3) is 0 Å². The molecule has 0 aliphatic carbocycles. The van der Waals surface area contributed by atoms with Crippen molar-refractivity contribution in [2.45, 2.75) is 20.3 Å². The van der Waals surface area contributed by atoms with Crippen LogP contribution in [0, 0.1) is 11.3 Å². The second-order valence-electron chi connectivity index (χ2n) is 2.60. The highest BCUT2D eigenvalue weighted by Gasteiger charge is 1.94. The lowest BCUT2D eigenvalue weighted by Crippen LogP contribution is -2.00. The first-order chi connectivity index (χ1) is 4.66. The Balaban J connectivity index is 3.76. The van der Waals surface area contributed by atoms with Gasteiger partial charge in [0.2, 0.25) is 0 Å². The van der Waals surface area contributed by atoms with E-state index in [4.69, 9.17) is 11.1 Å². The third-order valence-corrected chi connectivity index (χ3v) is 1.69. The Morgan fingerprint density at radius 3 is 2.70 bits per heavy atom. The smallest absolute Gasteiger partial charge is 0.0353 e. The van der Waals surface area contributed by atoms with Crippen LogP contribution in [-0.4, -0.2) is 17.4 Å². The van der Waals surface area contributed by atoms with Crippen LogP contribution in [-0.2, 0) is 0 Å². The maximum Gasteiger partial charge on any atom is 0.0353 e. The van der Waals surface area contributed by atoms with Gasteiger partial charge in [0, 0.05) is 5.71 Å². The van der Waals surface area contributed by atoms with E-state index in [0.717, 1.165) is 6.42 Å². The van der Waals surface area contributed by atoms with Crippen molar-refractivity contribution in [1.29, 1.82) is 5.41 Å². The predicted octanol–water partition coefficient (Wildman–Crippen LogP) is 1.25. The van der Waals surface area contributed by atoms with Gasteiger partial charge in [-0.2, -0.15) is 0 Å². The highest BCUT2D eigenvalue weighted by molar-refractivity contribution is 7.41. The standard InChI is InChI=1S/C7H15N2P/c1-6(2)3-7(9)4-10-5-8/h4-6,9-10H,3,8H2,1-2H3. The van der Waals surface area contributed by atoms with Gasteiger partial charge in [0.15, 0.2) is 0 Å². The molecule has 1 unspecified atom stereocenters. The van der Waals surface area contributed by atoms with Gasteiger partial charge in [-0.05, 0) is 24.1 Å². The molecular weight excluding hydrogens is 143 g/mol. The molecular formula is C7H15N2P. The van der Waals surface area contributed by atoms with Crippen molar-refractivity contribution in [1.82, 2.24) is 0 Å². The van der Waals surface area contributed by atoms with E-state index < -0.39 is 0 Å². The molecule has 10 heavy (non-hydrogen) atoms. The molecule has 1 atom stereocenters. The summed E-state index contributed by atoms with van der Waals surface area (Å²) in [6.45, 7) is 4.22. The lowest BCUT2D eigenvalue weighted by atomic mass is 10.1. The van der Waals surface area contributed by atoms with Gasteiger partial charge >= 0.3 is 0 Å². The van der Waals surface area contributed by atoms with Gasteiger partial charge in [0.1, 0.15) is 0 Å². The number of rotatable bonds is 3.